The second-order valence-electron chi connectivity index (χ2n) is 6.66. The van der Waals surface area contributed by atoms with Crippen LogP contribution in [0.25, 0.3) is 0 Å². The molecule has 1 heterocycles. The Morgan fingerprint density at radius 3 is 2.72 bits per heavy atom. The summed E-state index contributed by atoms with van der Waals surface area (Å²) in [6.45, 7) is 7.24. The van der Waals surface area contributed by atoms with Crippen LogP contribution in [-0.2, 0) is 22.4 Å². The third-order valence-corrected chi connectivity index (χ3v) is 4.55. The number of nitrogens with one attached hydrogen (secondary N) is 1. The van der Waals surface area contributed by atoms with Gasteiger partial charge in [-0.2, -0.15) is 0 Å². The monoisotopic (exact) mass is 347 g/mol. The fraction of sp³-hybridized carbons (Fsp3) is 0.650. The molecule has 1 aromatic rings. The molecule has 1 unspecified atom stereocenters. The second kappa shape index (κ2) is 11.1. The van der Waals surface area contributed by atoms with E-state index in [-0.39, 0.29) is 0 Å². The van der Waals surface area contributed by atoms with Crippen LogP contribution >= 0.6 is 0 Å². The lowest BCUT2D eigenvalue weighted by atomic mass is 10.1. The molecule has 0 spiro atoms. The van der Waals surface area contributed by atoms with Gasteiger partial charge in [0.2, 0.25) is 0 Å². The number of benzene rings is 1. The number of aryl methyl sites for hydroxylation is 1. The molecule has 140 valence electrons. The molecular formula is C20H33N3O2. The molecule has 1 aliphatic heterocycles. The van der Waals surface area contributed by atoms with Gasteiger partial charge in [0.25, 0.3) is 0 Å². The van der Waals surface area contributed by atoms with E-state index in [0.717, 1.165) is 64.7 Å². The highest BCUT2D eigenvalue weighted by molar-refractivity contribution is 5.79. The van der Waals surface area contributed by atoms with Gasteiger partial charge in [0, 0.05) is 46.3 Å². The Morgan fingerprint density at radius 1 is 1.32 bits per heavy atom. The van der Waals surface area contributed by atoms with Crippen LogP contribution in [0.3, 0.4) is 0 Å². The summed E-state index contributed by atoms with van der Waals surface area (Å²) in [7, 11) is 3.90. The van der Waals surface area contributed by atoms with Crippen LogP contribution in [0.1, 0.15) is 30.9 Å². The Balaban J connectivity index is 1.62. The maximum atomic E-state index is 5.74. The number of nitrogens with zero attached hydrogens (tertiary/aromatic N) is 2. The number of aliphatic imine (C=N–C) groups is 1. The van der Waals surface area contributed by atoms with Gasteiger partial charge in [0.05, 0.1) is 13.2 Å². The smallest absolute Gasteiger partial charge is 0.193 e. The maximum absolute atomic E-state index is 5.74. The lowest BCUT2D eigenvalue weighted by Crippen LogP contribution is -2.39. The molecule has 1 aliphatic rings. The van der Waals surface area contributed by atoms with Crippen molar-refractivity contribution in [3.8, 4) is 0 Å². The van der Waals surface area contributed by atoms with Crippen LogP contribution < -0.4 is 5.32 Å². The largest absolute Gasteiger partial charge is 0.381 e. The zero-order chi connectivity index (χ0) is 17.9. The van der Waals surface area contributed by atoms with Crippen LogP contribution in [0.4, 0.5) is 0 Å². The molecule has 1 atom stereocenters. The minimum atomic E-state index is 0.589. The van der Waals surface area contributed by atoms with Gasteiger partial charge in [-0.1, -0.05) is 31.2 Å². The highest BCUT2D eigenvalue weighted by atomic mass is 16.5. The molecule has 0 radical (unpaired) electrons. The Morgan fingerprint density at radius 2 is 2.08 bits per heavy atom. The summed E-state index contributed by atoms with van der Waals surface area (Å²) in [6, 6.07) is 8.80. The van der Waals surface area contributed by atoms with E-state index in [2.05, 4.69) is 53.4 Å². The number of hydrogen-bond acceptors (Lipinski definition) is 3. The fourth-order valence-electron chi connectivity index (χ4n) is 2.95. The minimum absolute atomic E-state index is 0.589. The van der Waals surface area contributed by atoms with E-state index in [1.54, 1.807) is 0 Å². The summed E-state index contributed by atoms with van der Waals surface area (Å²) in [4.78, 5) is 6.52. The first-order valence-corrected chi connectivity index (χ1v) is 9.38. The first kappa shape index (κ1) is 19.7. The van der Waals surface area contributed by atoms with Gasteiger partial charge in [0.15, 0.2) is 5.96 Å². The summed E-state index contributed by atoms with van der Waals surface area (Å²) in [5, 5.41) is 3.41. The van der Waals surface area contributed by atoms with Crippen LogP contribution in [-0.4, -0.2) is 57.9 Å². The Labute approximate surface area is 152 Å². The third kappa shape index (κ3) is 7.04. The molecule has 1 saturated heterocycles. The molecule has 1 aromatic carbocycles. The lowest BCUT2D eigenvalue weighted by Gasteiger charge is -2.22. The van der Waals surface area contributed by atoms with Crippen molar-refractivity contribution < 1.29 is 9.47 Å². The van der Waals surface area contributed by atoms with Crippen molar-refractivity contribution in [3.63, 3.8) is 0 Å². The molecule has 0 aliphatic carbocycles. The van der Waals surface area contributed by atoms with Gasteiger partial charge in [-0.3, -0.25) is 4.99 Å². The van der Waals surface area contributed by atoms with E-state index in [9.17, 15) is 0 Å². The quantitative estimate of drug-likeness (QED) is 0.424. The summed E-state index contributed by atoms with van der Waals surface area (Å²) >= 11 is 0. The van der Waals surface area contributed by atoms with Crippen molar-refractivity contribution in [2.24, 2.45) is 10.9 Å². The topological polar surface area (TPSA) is 46.1 Å². The van der Waals surface area contributed by atoms with E-state index in [4.69, 9.17) is 9.47 Å². The molecule has 25 heavy (non-hydrogen) atoms. The fourth-order valence-corrected chi connectivity index (χ4v) is 2.95. The average molecular weight is 348 g/mol. The van der Waals surface area contributed by atoms with Gasteiger partial charge in [-0.15, -0.1) is 0 Å². The van der Waals surface area contributed by atoms with Crippen LogP contribution in [0.5, 0.6) is 0 Å². The summed E-state index contributed by atoms with van der Waals surface area (Å²) in [5.41, 5.74) is 2.67. The first-order valence-electron chi connectivity index (χ1n) is 9.38. The normalized spacial score (nSPS) is 17.7. The molecule has 1 fully saturated rings. The van der Waals surface area contributed by atoms with Crippen LogP contribution in [0.15, 0.2) is 29.3 Å². The molecule has 5 heteroatoms. The molecule has 5 nitrogen and oxygen atoms in total. The van der Waals surface area contributed by atoms with Crippen molar-refractivity contribution >= 4 is 5.96 Å². The molecule has 0 amide bonds. The van der Waals surface area contributed by atoms with Gasteiger partial charge in [0.1, 0.15) is 0 Å². The van der Waals surface area contributed by atoms with Crippen molar-refractivity contribution in [2.45, 2.75) is 32.7 Å². The molecule has 2 rings (SSSR count). The molecular weight excluding hydrogens is 314 g/mol. The Bertz CT molecular complexity index is 510. The second-order valence-corrected chi connectivity index (χ2v) is 6.66. The maximum Gasteiger partial charge on any atom is 0.193 e. The predicted molar refractivity (Wildman–Crippen MR) is 103 cm³/mol. The van der Waals surface area contributed by atoms with Gasteiger partial charge >= 0.3 is 0 Å². The third-order valence-electron chi connectivity index (χ3n) is 4.55. The average Bonchev–Trinajstić information content (AvgIpc) is 3.15. The molecule has 0 aromatic heterocycles. The van der Waals surface area contributed by atoms with Crippen molar-refractivity contribution in [1.29, 1.82) is 0 Å². The van der Waals surface area contributed by atoms with Crippen molar-refractivity contribution in [1.82, 2.24) is 10.2 Å². The van der Waals surface area contributed by atoms with E-state index in [0.29, 0.717) is 5.92 Å². The highest BCUT2D eigenvalue weighted by Crippen LogP contribution is 2.12. The number of guanidine groups is 1. The van der Waals surface area contributed by atoms with E-state index in [1.807, 2.05) is 7.05 Å². The summed E-state index contributed by atoms with van der Waals surface area (Å²) in [6.07, 6.45) is 3.19. The molecule has 0 bridgehead atoms. The molecule has 0 saturated carbocycles. The first-order chi connectivity index (χ1) is 12.2. The van der Waals surface area contributed by atoms with Crippen LogP contribution in [0, 0.1) is 5.92 Å². The van der Waals surface area contributed by atoms with Crippen molar-refractivity contribution in [2.75, 3.05) is 47.1 Å². The zero-order valence-electron chi connectivity index (χ0n) is 16.0. The highest BCUT2D eigenvalue weighted by Gasteiger charge is 2.15. The zero-order valence-corrected chi connectivity index (χ0v) is 16.0. The van der Waals surface area contributed by atoms with E-state index >= 15 is 0 Å². The Hall–Kier alpha value is -1.59. The standard InChI is InChI=1S/C20H33N3O2/c1-4-17-6-8-18(9-7-17)14-23(3)20(21-2)22-11-5-12-24-15-19-10-13-25-16-19/h6-9,19H,4-5,10-16H2,1-3H3,(H,21,22). The van der Waals surface area contributed by atoms with Gasteiger partial charge < -0.3 is 19.7 Å². The van der Waals surface area contributed by atoms with E-state index < -0.39 is 0 Å². The number of rotatable bonds is 9. The summed E-state index contributed by atoms with van der Waals surface area (Å²) < 4.78 is 11.1. The number of ether oxygens (including phenoxy) is 2. The van der Waals surface area contributed by atoms with Crippen LogP contribution in [0.2, 0.25) is 0 Å². The number of hydrogen-bond donors (Lipinski definition) is 1. The minimum Gasteiger partial charge on any atom is -0.381 e. The van der Waals surface area contributed by atoms with E-state index in [1.165, 1.54) is 11.1 Å². The SMILES string of the molecule is CCc1ccc(CN(C)C(=NC)NCCCOCC2CCOC2)cc1. The lowest BCUT2D eigenvalue weighted by molar-refractivity contribution is 0.0887. The molecule has 1 N–H and O–H groups in total. The summed E-state index contributed by atoms with van der Waals surface area (Å²) in [5.74, 6) is 1.51. The van der Waals surface area contributed by atoms with Gasteiger partial charge in [-0.05, 0) is 30.4 Å². The Kier molecular flexibility index (Phi) is 8.77. The van der Waals surface area contributed by atoms with Gasteiger partial charge in [-0.25, -0.2) is 0 Å². The van der Waals surface area contributed by atoms with Crippen molar-refractivity contribution in [3.05, 3.63) is 35.4 Å². The predicted octanol–water partition coefficient (Wildman–Crippen LogP) is 2.70.